The number of piperazine rings is 1. The second kappa shape index (κ2) is 9.98. The van der Waals surface area contributed by atoms with Crippen LogP contribution in [0.2, 0.25) is 0 Å². The summed E-state index contributed by atoms with van der Waals surface area (Å²) in [6.07, 6.45) is 4.49. The first-order valence-electron chi connectivity index (χ1n) is 10.2. The third-order valence-electron chi connectivity index (χ3n) is 5.79. The zero-order valence-corrected chi connectivity index (χ0v) is 16.5. The van der Waals surface area contributed by atoms with Gasteiger partial charge in [0.15, 0.2) is 0 Å². The summed E-state index contributed by atoms with van der Waals surface area (Å²) >= 11 is 0. The highest BCUT2D eigenvalue weighted by Crippen LogP contribution is 2.31. The van der Waals surface area contributed by atoms with Crippen LogP contribution in [-0.2, 0) is 9.53 Å². The second-order valence-electron chi connectivity index (χ2n) is 7.61. The maximum absolute atomic E-state index is 13.4. The molecule has 2 aliphatic rings. The molecule has 1 aromatic carbocycles. The van der Waals surface area contributed by atoms with Gasteiger partial charge in [0, 0.05) is 45.4 Å². The van der Waals surface area contributed by atoms with Crippen molar-refractivity contribution in [1.82, 2.24) is 15.1 Å². The Morgan fingerprint density at radius 3 is 2.57 bits per heavy atom. The normalized spacial score (nSPS) is 19.6. The Bertz CT molecular complexity index is 671. The molecule has 0 aromatic heterocycles. The number of benzene rings is 1. The Kier molecular flexibility index (Phi) is 7.39. The van der Waals surface area contributed by atoms with Crippen molar-refractivity contribution >= 4 is 11.8 Å². The second-order valence-corrected chi connectivity index (χ2v) is 7.61. The maximum Gasteiger partial charge on any atom is 0.254 e. The number of carbonyl (C=O) groups excluding carboxylic acids is 2. The average molecular weight is 391 g/mol. The summed E-state index contributed by atoms with van der Waals surface area (Å²) in [5, 5.41) is 3.00. The average Bonchev–Trinajstić information content (AvgIpc) is 3.22. The molecule has 2 fully saturated rings. The summed E-state index contributed by atoms with van der Waals surface area (Å²) in [7, 11) is 1.62. The highest BCUT2D eigenvalue weighted by atomic mass is 19.1. The van der Waals surface area contributed by atoms with Crippen molar-refractivity contribution in [3.8, 4) is 0 Å². The van der Waals surface area contributed by atoms with Crippen LogP contribution in [0.4, 0.5) is 4.39 Å². The first kappa shape index (κ1) is 20.7. The van der Waals surface area contributed by atoms with Crippen molar-refractivity contribution in [2.24, 2.45) is 5.92 Å². The van der Waals surface area contributed by atoms with Crippen LogP contribution >= 0.6 is 0 Å². The van der Waals surface area contributed by atoms with E-state index < -0.39 is 5.82 Å². The molecule has 3 rings (SSSR count). The van der Waals surface area contributed by atoms with Crippen molar-refractivity contribution in [2.45, 2.75) is 31.7 Å². The minimum Gasteiger partial charge on any atom is -0.383 e. The molecule has 1 atom stereocenters. The highest BCUT2D eigenvalue weighted by Gasteiger charge is 2.37. The molecule has 1 saturated carbocycles. The number of halogens is 1. The Labute approximate surface area is 166 Å². The third-order valence-corrected chi connectivity index (χ3v) is 5.79. The molecule has 6 nitrogen and oxygen atoms in total. The maximum atomic E-state index is 13.4. The molecule has 1 aromatic rings. The summed E-state index contributed by atoms with van der Waals surface area (Å²) in [4.78, 5) is 29.5. The SMILES string of the molecule is COCCNC(=O)C(C1CCCC1)N1CCN(C(=O)c2cccc(F)c2)CC1. The molecule has 0 bridgehead atoms. The Morgan fingerprint density at radius 2 is 1.93 bits per heavy atom. The standard InChI is InChI=1S/C21H30FN3O3/c1-28-14-9-23-20(26)19(16-5-2-3-6-16)24-10-12-25(13-11-24)21(27)17-7-4-8-18(22)15-17/h4,7-8,15-16,19H,2-3,5-6,9-14H2,1H3,(H,23,26). The van der Waals surface area contributed by atoms with E-state index >= 15 is 0 Å². The molecule has 154 valence electrons. The summed E-state index contributed by atoms with van der Waals surface area (Å²) in [6.45, 7) is 3.41. The summed E-state index contributed by atoms with van der Waals surface area (Å²) in [6, 6.07) is 5.66. The summed E-state index contributed by atoms with van der Waals surface area (Å²) in [5.41, 5.74) is 0.373. The van der Waals surface area contributed by atoms with Crippen LogP contribution in [0.25, 0.3) is 0 Å². The van der Waals surface area contributed by atoms with Crippen LogP contribution in [0.3, 0.4) is 0 Å². The van der Waals surface area contributed by atoms with Crippen molar-refractivity contribution in [2.75, 3.05) is 46.4 Å². The number of nitrogens with zero attached hydrogens (tertiary/aromatic N) is 2. The van der Waals surface area contributed by atoms with Gasteiger partial charge in [-0.25, -0.2) is 4.39 Å². The topological polar surface area (TPSA) is 61.9 Å². The van der Waals surface area contributed by atoms with Gasteiger partial charge in [-0.3, -0.25) is 14.5 Å². The van der Waals surface area contributed by atoms with E-state index in [-0.39, 0.29) is 17.9 Å². The van der Waals surface area contributed by atoms with Gasteiger partial charge in [0.05, 0.1) is 12.6 Å². The van der Waals surface area contributed by atoms with Crippen molar-refractivity contribution in [1.29, 1.82) is 0 Å². The monoisotopic (exact) mass is 391 g/mol. The number of rotatable bonds is 7. The lowest BCUT2D eigenvalue weighted by atomic mass is 9.95. The fourth-order valence-corrected chi connectivity index (χ4v) is 4.34. The van der Waals surface area contributed by atoms with E-state index in [2.05, 4.69) is 10.2 Å². The van der Waals surface area contributed by atoms with E-state index in [9.17, 15) is 14.0 Å². The zero-order chi connectivity index (χ0) is 19.9. The molecule has 0 radical (unpaired) electrons. The van der Waals surface area contributed by atoms with Crippen LogP contribution in [0, 0.1) is 11.7 Å². The Morgan fingerprint density at radius 1 is 1.21 bits per heavy atom. The van der Waals surface area contributed by atoms with Crippen LogP contribution in [0.5, 0.6) is 0 Å². The fraction of sp³-hybridized carbons (Fsp3) is 0.619. The molecule has 1 unspecified atom stereocenters. The van der Waals surface area contributed by atoms with Gasteiger partial charge in [0.25, 0.3) is 5.91 Å². The van der Waals surface area contributed by atoms with E-state index in [1.54, 1.807) is 24.1 Å². The zero-order valence-electron chi connectivity index (χ0n) is 16.5. The van der Waals surface area contributed by atoms with Crippen LogP contribution in [0.15, 0.2) is 24.3 Å². The number of amides is 2. The van der Waals surface area contributed by atoms with E-state index in [1.807, 2.05) is 0 Å². The number of nitrogens with one attached hydrogen (secondary N) is 1. The lowest BCUT2D eigenvalue weighted by Crippen LogP contribution is -2.58. The molecule has 0 spiro atoms. The van der Waals surface area contributed by atoms with Crippen molar-refractivity contribution in [3.63, 3.8) is 0 Å². The number of carbonyl (C=O) groups is 2. The lowest BCUT2D eigenvalue weighted by Gasteiger charge is -2.40. The molecule has 1 heterocycles. The molecule has 28 heavy (non-hydrogen) atoms. The summed E-state index contributed by atoms with van der Waals surface area (Å²) in [5.74, 6) is -0.124. The third kappa shape index (κ3) is 5.08. The fourth-order valence-electron chi connectivity index (χ4n) is 4.34. The molecular formula is C21H30FN3O3. The van der Waals surface area contributed by atoms with Crippen LogP contribution < -0.4 is 5.32 Å². The Hall–Kier alpha value is -1.99. The number of hydrogen-bond acceptors (Lipinski definition) is 4. The van der Waals surface area contributed by atoms with Gasteiger partial charge in [-0.2, -0.15) is 0 Å². The van der Waals surface area contributed by atoms with E-state index in [0.717, 1.165) is 12.8 Å². The summed E-state index contributed by atoms with van der Waals surface area (Å²) < 4.78 is 18.5. The molecule has 7 heteroatoms. The van der Waals surface area contributed by atoms with Gasteiger partial charge in [-0.1, -0.05) is 18.9 Å². The molecule has 1 aliphatic carbocycles. The molecule has 1 aliphatic heterocycles. The van der Waals surface area contributed by atoms with Gasteiger partial charge in [0.2, 0.25) is 5.91 Å². The minimum atomic E-state index is -0.404. The first-order chi connectivity index (χ1) is 13.6. The van der Waals surface area contributed by atoms with Gasteiger partial charge in [0.1, 0.15) is 5.82 Å². The number of ether oxygens (including phenoxy) is 1. The van der Waals surface area contributed by atoms with Crippen molar-refractivity contribution < 1.29 is 18.7 Å². The van der Waals surface area contributed by atoms with E-state index in [0.29, 0.717) is 50.8 Å². The lowest BCUT2D eigenvalue weighted by molar-refractivity contribution is -0.129. The van der Waals surface area contributed by atoms with Crippen LogP contribution in [-0.4, -0.2) is 74.1 Å². The predicted octanol–water partition coefficient (Wildman–Crippen LogP) is 1.90. The molecular weight excluding hydrogens is 361 g/mol. The van der Waals surface area contributed by atoms with Gasteiger partial charge in [-0.05, 0) is 37.0 Å². The molecule has 2 amide bonds. The van der Waals surface area contributed by atoms with Gasteiger partial charge in [-0.15, -0.1) is 0 Å². The molecule has 1 N–H and O–H groups in total. The largest absolute Gasteiger partial charge is 0.383 e. The van der Waals surface area contributed by atoms with Gasteiger partial charge >= 0.3 is 0 Å². The number of methoxy groups -OCH3 is 1. The predicted molar refractivity (Wildman–Crippen MR) is 105 cm³/mol. The van der Waals surface area contributed by atoms with E-state index in [1.165, 1.54) is 25.0 Å². The quantitative estimate of drug-likeness (QED) is 0.722. The molecule has 1 saturated heterocycles. The number of hydrogen-bond donors (Lipinski definition) is 1. The van der Waals surface area contributed by atoms with Crippen molar-refractivity contribution in [3.05, 3.63) is 35.6 Å². The smallest absolute Gasteiger partial charge is 0.254 e. The van der Waals surface area contributed by atoms with Gasteiger partial charge < -0.3 is 15.0 Å². The first-order valence-corrected chi connectivity index (χ1v) is 10.2. The highest BCUT2D eigenvalue weighted by molar-refractivity contribution is 5.94. The van der Waals surface area contributed by atoms with Crippen LogP contribution in [0.1, 0.15) is 36.0 Å². The Balaban J connectivity index is 1.61. The minimum absolute atomic E-state index is 0.0638. The van der Waals surface area contributed by atoms with E-state index in [4.69, 9.17) is 4.74 Å².